The molecule has 0 saturated heterocycles. The molecule has 0 aliphatic heterocycles. The van der Waals surface area contributed by atoms with Crippen LogP contribution in [0, 0.1) is 5.92 Å². The first kappa shape index (κ1) is 16.6. The first-order chi connectivity index (χ1) is 9.95. The van der Waals surface area contributed by atoms with E-state index in [1.54, 1.807) is 25.1 Å². The molecule has 116 valence electrons. The third-order valence-electron chi connectivity index (χ3n) is 3.65. The van der Waals surface area contributed by atoms with Gasteiger partial charge < -0.3 is 15.2 Å². The van der Waals surface area contributed by atoms with Crippen LogP contribution < -0.4 is 10.1 Å². The number of benzene rings is 1. The van der Waals surface area contributed by atoms with Crippen LogP contribution in [0.5, 0.6) is 5.75 Å². The van der Waals surface area contributed by atoms with E-state index in [2.05, 4.69) is 21.2 Å². The maximum atomic E-state index is 12.0. The van der Waals surface area contributed by atoms with Gasteiger partial charge in [-0.3, -0.25) is 4.79 Å². The first-order valence-electron chi connectivity index (χ1n) is 7.03. The SMILES string of the molecule is CC(Oc1ccc(Cl)cc1Br)C(=O)NCC1CCC(O)C1. The Morgan fingerprint density at radius 3 is 2.95 bits per heavy atom. The third-order valence-corrected chi connectivity index (χ3v) is 4.50. The Labute approximate surface area is 138 Å². The molecule has 1 fully saturated rings. The van der Waals surface area contributed by atoms with Crippen LogP contribution in [0.3, 0.4) is 0 Å². The standard InChI is InChI=1S/C15H19BrClNO3/c1-9(21-14-5-3-11(17)7-13(14)16)15(20)18-8-10-2-4-12(19)6-10/h3,5,7,9-10,12,19H,2,4,6,8H2,1H3,(H,18,20). The summed E-state index contributed by atoms with van der Waals surface area (Å²) in [7, 11) is 0. The van der Waals surface area contributed by atoms with Crippen molar-refractivity contribution < 1.29 is 14.6 Å². The Morgan fingerprint density at radius 2 is 2.33 bits per heavy atom. The van der Waals surface area contributed by atoms with Crippen molar-refractivity contribution in [1.82, 2.24) is 5.32 Å². The van der Waals surface area contributed by atoms with Crippen LogP contribution in [0.15, 0.2) is 22.7 Å². The molecule has 3 unspecified atom stereocenters. The molecule has 1 aliphatic carbocycles. The Balaban J connectivity index is 1.82. The van der Waals surface area contributed by atoms with Crippen LogP contribution in [-0.4, -0.2) is 29.8 Å². The van der Waals surface area contributed by atoms with Crippen LogP contribution in [0.25, 0.3) is 0 Å². The van der Waals surface area contributed by atoms with Gasteiger partial charge in [-0.05, 0) is 66.2 Å². The molecule has 0 aromatic heterocycles. The zero-order valence-corrected chi connectivity index (χ0v) is 14.2. The molecule has 0 heterocycles. The molecule has 0 spiro atoms. The lowest BCUT2D eigenvalue weighted by Crippen LogP contribution is -2.38. The number of ether oxygens (including phenoxy) is 1. The number of carbonyl (C=O) groups is 1. The predicted octanol–water partition coefficient (Wildman–Crippen LogP) is 3.15. The number of amides is 1. The van der Waals surface area contributed by atoms with Gasteiger partial charge in [-0.25, -0.2) is 0 Å². The second-order valence-electron chi connectivity index (χ2n) is 5.41. The van der Waals surface area contributed by atoms with Crippen LogP contribution in [0.2, 0.25) is 5.02 Å². The zero-order valence-electron chi connectivity index (χ0n) is 11.8. The fourth-order valence-electron chi connectivity index (χ4n) is 2.44. The minimum atomic E-state index is -0.589. The maximum absolute atomic E-state index is 12.0. The molecule has 6 heteroatoms. The molecule has 0 bridgehead atoms. The summed E-state index contributed by atoms with van der Waals surface area (Å²) in [5.41, 5.74) is 0. The third kappa shape index (κ3) is 4.87. The largest absolute Gasteiger partial charge is 0.480 e. The van der Waals surface area contributed by atoms with E-state index in [4.69, 9.17) is 16.3 Å². The molecule has 2 rings (SSSR count). The van der Waals surface area contributed by atoms with E-state index < -0.39 is 6.10 Å². The molecular formula is C15H19BrClNO3. The van der Waals surface area contributed by atoms with E-state index >= 15 is 0 Å². The quantitative estimate of drug-likeness (QED) is 0.830. The molecule has 1 saturated carbocycles. The number of hydrogen-bond donors (Lipinski definition) is 2. The fraction of sp³-hybridized carbons (Fsp3) is 0.533. The molecule has 1 aromatic rings. The van der Waals surface area contributed by atoms with E-state index in [0.29, 0.717) is 27.7 Å². The lowest BCUT2D eigenvalue weighted by molar-refractivity contribution is -0.127. The van der Waals surface area contributed by atoms with Gasteiger partial charge in [0.05, 0.1) is 10.6 Å². The predicted molar refractivity (Wildman–Crippen MR) is 85.6 cm³/mol. The minimum Gasteiger partial charge on any atom is -0.480 e. The van der Waals surface area contributed by atoms with E-state index in [0.717, 1.165) is 19.3 Å². The molecule has 1 aromatic carbocycles. The number of halogens is 2. The monoisotopic (exact) mass is 375 g/mol. The van der Waals surface area contributed by atoms with Gasteiger partial charge in [0.15, 0.2) is 6.10 Å². The molecule has 1 amide bonds. The van der Waals surface area contributed by atoms with Crippen LogP contribution in [0.1, 0.15) is 26.2 Å². The van der Waals surface area contributed by atoms with E-state index in [1.807, 2.05) is 0 Å². The Hall–Kier alpha value is -0.780. The summed E-state index contributed by atoms with van der Waals surface area (Å²) in [4.78, 5) is 12.0. The van der Waals surface area contributed by atoms with Gasteiger partial charge in [-0.15, -0.1) is 0 Å². The number of aliphatic hydroxyl groups is 1. The molecule has 21 heavy (non-hydrogen) atoms. The van der Waals surface area contributed by atoms with Crippen molar-refractivity contribution in [2.75, 3.05) is 6.54 Å². The average Bonchev–Trinajstić information content (AvgIpc) is 2.85. The summed E-state index contributed by atoms with van der Waals surface area (Å²) in [6.45, 7) is 2.30. The van der Waals surface area contributed by atoms with Crippen molar-refractivity contribution in [1.29, 1.82) is 0 Å². The smallest absolute Gasteiger partial charge is 0.260 e. The van der Waals surface area contributed by atoms with Crippen molar-refractivity contribution in [2.24, 2.45) is 5.92 Å². The van der Waals surface area contributed by atoms with Crippen molar-refractivity contribution >= 4 is 33.4 Å². The Bertz CT molecular complexity index is 512. The lowest BCUT2D eigenvalue weighted by Gasteiger charge is -2.17. The first-order valence-corrected chi connectivity index (χ1v) is 8.20. The number of aliphatic hydroxyl groups excluding tert-OH is 1. The van der Waals surface area contributed by atoms with Crippen LogP contribution in [0.4, 0.5) is 0 Å². The van der Waals surface area contributed by atoms with E-state index in [9.17, 15) is 9.90 Å². The Kier molecular flexibility index (Phi) is 5.90. The van der Waals surface area contributed by atoms with E-state index in [-0.39, 0.29) is 12.0 Å². The number of hydrogen-bond acceptors (Lipinski definition) is 3. The molecule has 0 radical (unpaired) electrons. The van der Waals surface area contributed by atoms with Crippen LogP contribution >= 0.6 is 27.5 Å². The molecule has 2 N–H and O–H groups in total. The molecule has 1 aliphatic rings. The number of rotatable bonds is 5. The van der Waals surface area contributed by atoms with Crippen molar-refractivity contribution in [2.45, 2.75) is 38.4 Å². The van der Waals surface area contributed by atoms with Crippen LogP contribution in [-0.2, 0) is 4.79 Å². The molecule has 3 atom stereocenters. The van der Waals surface area contributed by atoms with Crippen molar-refractivity contribution in [3.63, 3.8) is 0 Å². The summed E-state index contributed by atoms with van der Waals surface area (Å²) in [5.74, 6) is 0.787. The van der Waals surface area contributed by atoms with Crippen molar-refractivity contribution in [3.05, 3.63) is 27.7 Å². The second-order valence-corrected chi connectivity index (χ2v) is 6.70. The summed E-state index contributed by atoms with van der Waals surface area (Å²) in [6, 6.07) is 5.16. The fourth-order valence-corrected chi connectivity index (χ4v) is 3.21. The minimum absolute atomic E-state index is 0.154. The topological polar surface area (TPSA) is 58.6 Å². The van der Waals surface area contributed by atoms with Gasteiger partial charge in [-0.2, -0.15) is 0 Å². The lowest BCUT2D eigenvalue weighted by atomic mass is 10.1. The Morgan fingerprint density at radius 1 is 1.57 bits per heavy atom. The highest BCUT2D eigenvalue weighted by Crippen LogP contribution is 2.29. The van der Waals surface area contributed by atoms with Gasteiger partial charge in [0.2, 0.25) is 0 Å². The van der Waals surface area contributed by atoms with Crippen molar-refractivity contribution in [3.8, 4) is 5.75 Å². The average molecular weight is 377 g/mol. The summed E-state index contributed by atoms with van der Waals surface area (Å²) >= 11 is 9.22. The normalized spacial score (nSPS) is 22.9. The van der Waals surface area contributed by atoms with Gasteiger partial charge in [0.1, 0.15) is 5.75 Å². The molecular weight excluding hydrogens is 358 g/mol. The van der Waals surface area contributed by atoms with E-state index in [1.165, 1.54) is 0 Å². The van der Waals surface area contributed by atoms with Gasteiger partial charge in [0, 0.05) is 11.6 Å². The number of nitrogens with one attached hydrogen (secondary N) is 1. The number of carbonyl (C=O) groups excluding carboxylic acids is 1. The summed E-state index contributed by atoms with van der Waals surface area (Å²) in [6.07, 6.45) is 1.74. The summed E-state index contributed by atoms with van der Waals surface area (Å²) < 4.78 is 6.35. The van der Waals surface area contributed by atoms with Gasteiger partial charge in [-0.1, -0.05) is 11.6 Å². The highest BCUT2D eigenvalue weighted by atomic mass is 79.9. The highest BCUT2D eigenvalue weighted by Gasteiger charge is 2.24. The summed E-state index contributed by atoms with van der Waals surface area (Å²) in [5, 5.41) is 13.0. The maximum Gasteiger partial charge on any atom is 0.260 e. The van der Waals surface area contributed by atoms with Gasteiger partial charge in [0.25, 0.3) is 5.91 Å². The molecule has 4 nitrogen and oxygen atoms in total. The highest BCUT2D eigenvalue weighted by molar-refractivity contribution is 9.10. The van der Waals surface area contributed by atoms with Gasteiger partial charge >= 0.3 is 0 Å². The zero-order chi connectivity index (χ0) is 15.4. The second kappa shape index (κ2) is 7.47.